The highest BCUT2D eigenvalue weighted by Crippen LogP contribution is 2.22. The summed E-state index contributed by atoms with van der Waals surface area (Å²) >= 11 is 0. The molecule has 0 saturated heterocycles. The number of carbonyl (C=O) groups is 1. The highest BCUT2D eigenvalue weighted by atomic mass is 16.6. The minimum Gasteiger partial charge on any atom is -0.507 e. The van der Waals surface area contributed by atoms with Crippen LogP contribution >= 0.6 is 0 Å². The van der Waals surface area contributed by atoms with Crippen LogP contribution in [0.3, 0.4) is 0 Å². The van der Waals surface area contributed by atoms with Gasteiger partial charge in [0.15, 0.2) is 0 Å². The van der Waals surface area contributed by atoms with Crippen LogP contribution in [0.1, 0.15) is 15.9 Å². The average molecular weight is 300 g/mol. The summed E-state index contributed by atoms with van der Waals surface area (Å²) in [6.45, 7) is 0. The first kappa shape index (κ1) is 15.2. The van der Waals surface area contributed by atoms with Crippen molar-refractivity contribution in [3.8, 4) is 5.75 Å². The van der Waals surface area contributed by atoms with E-state index < -0.39 is 10.9 Å². The second kappa shape index (κ2) is 6.49. The van der Waals surface area contributed by atoms with Gasteiger partial charge < -0.3 is 9.84 Å². The number of benzene rings is 2. The van der Waals surface area contributed by atoms with E-state index in [0.29, 0.717) is 11.3 Å². The number of methoxy groups -OCH3 is 1. The number of esters is 1. The molecule has 2 rings (SSSR count). The van der Waals surface area contributed by atoms with Crippen molar-refractivity contribution in [3.05, 3.63) is 63.7 Å². The second-order valence-electron chi connectivity index (χ2n) is 4.30. The maximum Gasteiger partial charge on any atom is 0.337 e. The first-order valence-electron chi connectivity index (χ1n) is 6.21. The molecule has 0 unspecified atom stereocenters. The number of nitrogens with zero attached hydrogens (tertiary/aromatic N) is 2. The van der Waals surface area contributed by atoms with Crippen molar-refractivity contribution in [2.45, 2.75) is 0 Å². The van der Waals surface area contributed by atoms with Crippen molar-refractivity contribution in [3.63, 3.8) is 0 Å². The Morgan fingerprint density at radius 3 is 2.77 bits per heavy atom. The van der Waals surface area contributed by atoms with Gasteiger partial charge in [0.25, 0.3) is 5.69 Å². The monoisotopic (exact) mass is 300 g/mol. The maximum atomic E-state index is 11.4. The van der Waals surface area contributed by atoms with E-state index >= 15 is 0 Å². The molecule has 1 N–H and O–H groups in total. The van der Waals surface area contributed by atoms with Gasteiger partial charge in [-0.2, -0.15) is 0 Å². The van der Waals surface area contributed by atoms with Gasteiger partial charge >= 0.3 is 5.97 Å². The Labute approximate surface area is 125 Å². The van der Waals surface area contributed by atoms with Crippen LogP contribution in [0.15, 0.2) is 47.5 Å². The smallest absolute Gasteiger partial charge is 0.337 e. The summed E-state index contributed by atoms with van der Waals surface area (Å²) in [5.74, 6) is -0.617. The Hall–Kier alpha value is -3.22. The molecule has 0 spiro atoms. The molecule has 0 aliphatic rings. The van der Waals surface area contributed by atoms with Crippen LogP contribution in [-0.4, -0.2) is 29.3 Å². The quantitative estimate of drug-likeness (QED) is 0.405. The van der Waals surface area contributed by atoms with Crippen LogP contribution in [-0.2, 0) is 4.74 Å². The summed E-state index contributed by atoms with van der Waals surface area (Å²) in [4.78, 5) is 25.7. The number of phenolic OH excluding ortho intramolecular Hbond substituents is 1. The lowest BCUT2D eigenvalue weighted by atomic mass is 10.2. The highest BCUT2D eigenvalue weighted by Gasteiger charge is 2.09. The topological polar surface area (TPSA) is 102 Å². The van der Waals surface area contributed by atoms with Crippen LogP contribution in [0.4, 0.5) is 11.4 Å². The Kier molecular flexibility index (Phi) is 4.47. The third-order valence-corrected chi connectivity index (χ3v) is 2.84. The molecule has 0 amide bonds. The molecular formula is C15H12N2O5. The molecule has 0 heterocycles. The molecule has 2 aromatic carbocycles. The maximum absolute atomic E-state index is 11.4. The minimum absolute atomic E-state index is 0.126. The molecular weight excluding hydrogens is 288 g/mol. The summed E-state index contributed by atoms with van der Waals surface area (Å²) in [7, 11) is 1.28. The molecule has 7 nitrogen and oxygen atoms in total. The van der Waals surface area contributed by atoms with Gasteiger partial charge in [-0.3, -0.25) is 15.1 Å². The van der Waals surface area contributed by atoms with Crippen LogP contribution in [0.2, 0.25) is 0 Å². The van der Waals surface area contributed by atoms with Gasteiger partial charge in [-0.1, -0.05) is 6.07 Å². The van der Waals surface area contributed by atoms with Crippen molar-refractivity contribution in [2.75, 3.05) is 7.11 Å². The van der Waals surface area contributed by atoms with Gasteiger partial charge in [-0.05, 0) is 24.3 Å². The normalized spacial score (nSPS) is 10.6. The molecule has 7 heteroatoms. The number of aromatic hydroxyl groups is 1. The third kappa shape index (κ3) is 3.45. The average Bonchev–Trinajstić information content (AvgIpc) is 2.53. The number of phenols is 1. The van der Waals surface area contributed by atoms with E-state index in [1.165, 1.54) is 37.6 Å². The van der Waals surface area contributed by atoms with Gasteiger partial charge in [0.2, 0.25) is 0 Å². The highest BCUT2D eigenvalue weighted by molar-refractivity contribution is 5.91. The SMILES string of the molecule is COC(=O)c1cccc(N=Cc2cc([N+](=O)[O-])ccc2O)c1. The molecule has 22 heavy (non-hydrogen) atoms. The Balaban J connectivity index is 2.31. The molecule has 112 valence electrons. The lowest BCUT2D eigenvalue weighted by molar-refractivity contribution is -0.384. The summed E-state index contributed by atoms with van der Waals surface area (Å²) in [5, 5.41) is 20.4. The Bertz CT molecular complexity index is 755. The standard InChI is InChI=1S/C15H12N2O5/c1-22-15(19)10-3-2-4-12(7-10)16-9-11-8-13(17(20)21)5-6-14(11)18/h2-9,18H,1H3. The fourth-order valence-electron chi connectivity index (χ4n) is 1.73. The van der Waals surface area contributed by atoms with Crippen molar-refractivity contribution < 1.29 is 19.6 Å². The molecule has 0 atom stereocenters. The zero-order valence-electron chi connectivity index (χ0n) is 11.6. The molecule has 0 fully saturated rings. The van der Waals surface area contributed by atoms with E-state index in [0.717, 1.165) is 0 Å². The van der Waals surface area contributed by atoms with Crippen LogP contribution < -0.4 is 0 Å². The van der Waals surface area contributed by atoms with Gasteiger partial charge in [0.1, 0.15) is 5.75 Å². The molecule has 0 aliphatic heterocycles. The summed E-state index contributed by atoms with van der Waals surface area (Å²) in [6.07, 6.45) is 1.29. The fraction of sp³-hybridized carbons (Fsp3) is 0.0667. The van der Waals surface area contributed by atoms with E-state index in [-0.39, 0.29) is 17.0 Å². The first-order valence-corrected chi connectivity index (χ1v) is 6.21. The number of ether oxygens (including phenoxy) is 1. The van der Waals surface area contributed by atoms with Gasteiger partial charge in [-0.25, -0.2) is 4.79 Å². The van der Waals surface area contributed by atoms with Gasteiger partial charge in [0.05, 0.1) is 23.3 Å². The summed E-state index contributed by atoms with van der Waals surface area (Å²) < 4.78 is 4.61. The van der Waals surface area contributed by atoms with E-state index in [1.54, 1.807) is 18.2 Å². The zero-order chi connectivity index (χ0) is 16.1. The number of non-ortho nitro benzene ring substituents is 1. The van der Waals surface area contributed by atoms with Gasteiger partial charge in [0, 0.05) is 23.9 Å². The predicted molar refractivity (Wildman–Crippen MR) is 79.8 cm³/mol. The molecule has 2 aromatic rings. The van der Waals surface area contributed by atoms with Crippen molar-refractivity contribution in [1.82, 2.24) is 0 Å². The van der Waals surface area contributed by atoms with Crippen LogP contribution in [0.5, 0.6) is 5.75 Å². The van der Waals surface area contributed by atoms with Crippen molar-refractivity contribution in [2.24, 2.45) is 4.99 Å². The number of carbonyl (C=O) groups excluding carboxylic acids is 1. The molecule has 0 bridgehead atoms. The van der Waals surface area contributed by atoms with E-state index in [2.05, 4.69) is 9.73 Å². The predicted octanol–water partition coefficient (Wildman–Crippen LogP) is 2.84. The number of rotatable bonds is 4. The zero-order valence-corrected chi connectivity index (χ0v) is 11.6. The lowest BCUT2D eigenvalue weighted by Crippen LogP contribution is -2.00. The first-order chi connectivity index (χ1) is 10.5. The minimum atomic E-state index is -0.561. The van der Waals surface area contributed by atoms with Gasteiger partial charge in [-0.15, -0.1) is 0 Å². The number of aliphatic imine (C=N–C) groups is 1. The Morgan fingerprint density at radius 2 is 2.09 bits per heavy atom. The second-order valence-corrected chi connectivity index (χ2v) is 4.30. The molecule has 0 aromatic heterocycles. The summed E-state index contributed by atoms with van der Waals surface area (Å²) in [6, 6.07) is 10.0. The molecule has 0 radical (unpaired) electrons. The number of nitro groups is 1. The molecule has 0 aliphatic carbocycles. The Morgan fingerprint density at radius 1 is 1.32 bits per heavy atom. The number of hydrogen-bond donors (Lipinski definition) is 1. The largest absolute Gasteiger partial charge is 0.507 e. The molecule has 0 saturated carbocycles. The summed E-state index contributed by atoms with van der Waals surface area (Å²) in [5.41, 5.74) is 0.842. The van der Waals surface area contributed by atoms with E-state index in [1.807, 2.05) is 0 Å². The van der Waals surface area contributed by atoms with Crippen molar-refractivity contribution in [1.29, 1.82) is 0 Å². The van der Waals surface area contributed by atoms with E-state index in [4.69, 9.17) is 0 Å². The van der Waals surface area contributed by atoms with Crippen molar-refractivity contribution >= 4 is 23.6 Å². The lowest BCUT2D eigenvalue weighted by Gasteiger charge is -2.01. The number of hydrogen-bond acceptors (Lipinski definition) is 6. The van der Waals surface area contributed by atoms with Crippen LogP contribution in [0, 0.1) is 10.1 Å². The fourth-order valence-corrected chi connectivity index (χ4v) is 1.73. The third-order valence-electron chi connectivity index (χ3n) is 2.84. The van der Waals surface area contributed by atoms with E-state index in [9.17, 15) is 20.0 Å². The number of nitro benzene ring substituents is 1. The van der Waals surface area contributed by atoms with Crippen LogP contribution in [0.25, 0.3) is 0 Å².